The van der Waals surface area contributed by atoms with Crippen molar-refractivity contribution < 1.29 is 33.3 Å². The number of methoxy groups -OCH3 is 1. The molecule has 0 aliphatic carbocycles. The Labute approximate surface area is 212 Å². The molecule has 11 nitrogen and oxygen atoms in total. The number of esters is 1. The Hall–Kier alpha value is -4.54. The van der Waals surface area contributed by atoms with E-state index in [9.17, 15) is 14.4 Å². The quantitative estimate of drug-likeness (QED) is 0.486. The molecule has 1 aromatic heterocycles. The van der Waals surface area contributed by atoms with Gasteiger partial charge >= 0.3 is 5.97 Å². The summed E-state index contributed by atoms with van der Waals surface area (Å²) in [6, 6.07) is 13.8. The van der Waals surface area contributed by atoms with Crippen molar-refractivity contribution >= 4 is 23.5 Å². The van der Waals surface area contributed by atoms with Crippen LogP contribution in [0.1, 0.15) is 40.4 Å². The number of nitrogens with zero attached hydrogens (tertiary/aromatic N) is 3. The maximum absolute atomic E-state index is 13.8. The van der Waals surface area contributed by atoms with Crippen molar-refractivity contribution in [1.29, 1.82) is 0 Å². The molecule has 1 unspecified atom stereocenters. The number of carbonyl (C=O) groups excluding carboxylic acids is 3. The SMILES string of the molecule is CCOC(=O)c1cc2n(n1)CC(C)(C(=O)NCc1ccccc1OC)N(c1ccc3c(c1)OCO3)C2=O. The van der Waals surface area contributed by atoms with Gasteiger partial charge < -0.3 is 24.3 Å². The highest BCUT2D eigenvalue weighted by Crippen LogP contribution is 2.40. The predicted molar refractivity (Wildman–Crippen MR) is 131 cm³/mol. The Morgan fingerprint density at radius 3 is 2.70 bits per heavy atom. The summed E-state index contributed by atoms with van der Waals surface area (Å²) < 4.78 is 22.7. The molecule has 3 heterocycles. The molecule has 192 valence electrons. The Morgan fingerprint density at radius 2 is 1.92 bits per heavy atom. The molecular formula is C26H26N4O7. The van der Waals surface area contributed by atoms with Crippen molar-refractivity contribution in [3.63, 3.8) is 0 Å². The molecule has 1 N–H and O–H groups in total. The molecule has 5 rings (SSSR count). The first kappa shape index (κ1) is 24.2. The third kappa shape index (κ3) is 4.22. The highest BCUT2D eigenvalue weighted by atomic mass is 16.7. The number of anilines is 1. The molecule has 2 aliphatic rings. The lowest BCUT2D eigenvalue weighted by Crippen LogP contribution is -2.64. The van der Waals surface area contributed by atoms with Crippen LogP contribution in [-0.4, -0.2) is 53.6 Å². The molecule has 1 atom stereocenters. The number of rotatable bonds is 7. The first-order valence-electron chi connectivity index (χ1n) is 11.7. The predicted octanol–water partition coefficient (Wildman–Crippen LogP) is 2.53. The molecular weight excluding hydrogens is 480 g/mol. The van der Waals surface area contributed by atoms with E-state index in [2.05, 4.69) is 10.4 Å². The number of hydrogen-bond acceptors (Lipinski definition) is 8. The van der Waals surface area contributed by atoms with E-state index in [0.717, 1.165) is 5.56 Å². The van der Waals surface area contributed by atoms with Gasteiger partial charge in [-0.25, -0.2) is 4.79 Å². The van der Waals surface area contributed by atoms with Crippen molar-refractivity contribution in [2.75, 3.05) is 25.4 Å². The number of amides is 2. The third-order valence-electron chi connectivity index (χ3n) is 6.37. The number of carbonyl (C=O) groups is 3. The highest BCUT2D eigenvalue weighted by molar-refractivity contribution is 6.12. The van der Waals surface area contributed by atoms with Crippen molar-refractivity contribution in [1.82, 2.24) is 15.1 Å². The summed E-state index contributed by atoms with van der Waals surface area (Å²) in [5, 5.41) is 7.21. The van der Waals surface area contributed by atoms with E-state index in [1.165, 1.54) is 15.6 Å². The Bertz CT molecular complexity index is 1380. The van der Waals surface area contributed by atoms with E-state index in [0.29, 0.717) is 22.9 Å². The Kier molecular flexibility index (Phi) is 6.20. The van der Waals surface area contributed by atoms with Crippen LogP contribution in [0.15, 0.2) is 48.5 Å². The van der Waals surface area contributed by atoms with Crippen LogP contribution < -0.4 is 24.4 Å². The number of aromatic nitrogens is 2. The molecule has 0 saturated heterocycles. The van der Waals surface area contributed by atoms with Crippen LogP contribution in [0.4, 0.5) is 5.69 Å². The van der Waals surface area contributed by atoms with Gasteiger partial charge in [0.1, 0.15) is 17.0 Å². The summed E-state index contributed by atoms with van der Waals surface area (Å²) in [6.45, 7) is 3.76. The Morgan fingerprint density at radius 1 is 1.14 bits per heavy atom. The van der Waals surface area contributed by atoms with Crippen molar-refractivity contribution in [3.05, 3.63) is 65.5 Å². The molecule has 0 bridgehead atoms. The topological polar surface area (TPSA) is 121 Å². The summed E-state index contributed by atoms with van der Waals surface area (Å²) in [4.78, 5) is 41.3. The van der Waals surface area contributed by atoms with Crippen molar-refractivity contribution in [2.24, 2.45) is 0 Å². The molecule has 2 aromatic carbocycles. The molecule has 0 radical (unpaired) electrons. The molecule has 2 amide bonds. The summed E-state index contributed by atoms with van der Waals surface area (Å²) in [6.07, 6.45) is 0. The zero-order chi connectivity index (χ0) is 26.2. The summed E-state index contributed by atoms with van der Waals surface area (Å²) >= 11 is 0. The smallest absolute Gasteiger partial charge is 0.358 e. The zero-order valence-electron chi connectivity index (χ0n) is 20.6. The molecule has 0 saturated carbocycles. The van der Waals surface area contributed by atoms with Gasteiger partial charge in [0.15, 0.2) is 17.2 Å². The van der Waals surface area contributed by atoms with Crippen LogP contribution in [0.25, 0.3) is 0 Å². The minimum Gasteiger partial charge on any atom is -0.496 e. The van der Waals surface area contributed by atoms with Gasteiger partial charge in [-0.1, -0.05) is 18.2 Å². The van der Waals surface area contributed by atoms with E-state index in [1.807, 2.05) is 18.2 Å². The summed E-state index contributed by atoms with van der Waals surface area (Å²) in [5.41, 5.74) is -0.0276. The second-order valence-corrected chi connectivity index (χ2v) is 8.74. The fraction of sp³-hybridized carbons (Fsp3) is 0.308. The Balaban J connectivity index is 1.53. The van der Waals surface area contributed by atoms with Crippen LogP contribution in [0.3, 0.4) is 0 Å². The number of ether oxygens (including phenoxy) is 4. The lowest BCUT2D eigenvalue weighted by molar-refractivity contribution is -0.126. The fourth-order valence-electron chi connectivity index (χ4n) is 4.53. The standard InChI is InChI=1S/C26H26N4O7/c1-4-35-24(32)18-12-19-23(31)30(17-9-10-21-22(11-17)37-15-36-21)26(2,14-29(19)28-18)25(33)27-13-16-7-5-6-8-20(16)34-3/h5-12H,4,13-15H2,1-3H3,(H,27,33). The van der Waals surface area contributed by atoms with Gasteiger partial charge in [0.05, 0.1) is 20.3 Å². The van der Waals surface area contributed by atoms with Gasteiger partial charge in [-0.15, -0.1) is 0 Å². The van der Waals surface area contributed by atoms with E-state index in [-0.39, 0.29) is 37.9 Å². The van der Waals surface area contributed by atoms with Crippen LogP contribution in [0.2, 0.25) is 0 Å². The average molecular weight is 507 g/mol. The monoisotopic (exact) mass is 506 g/mol. The number of nitrogens with one attached hydrogen (secondary N) is 1. The average Bonchev–Trinajstić information content (AvgIpc) is 3.54. The maximum atomic E-state index is 13.8. The lowest BCUT2D eigenvalue weighted by atomic mass is 9.93. The fourth-order valence-corrected chi connectivity index (χ4v) is 4.53. The van der Waals surface area contributed by atoms with Crippen LogP contribution in [-0.2, 0) is 22.6 Å². The number of benzene rings is 2. The first-order chi connectivity index (χ1) is 17.9. The molecule has 3 aromatic rings. The van der Waals surface area contributed by atoms with E-state index >= 15 is 0 Å². The number of fused-ring (bicyclic) bond motifs is 2. The van der Waals surface area contributed by atoms with E-state index in [4.69, 9.17) is 18.9 Å². The minimum atomic E-state index is -1.41. The van der Waals surface area contributed by atoms with Gasteiger partial charge in [-0.05, 0) is 32.0 Å². The van der Waals surface area contributed by atoms with Crippen LogP contribution in [0.5, 0.6) is 17.2 Å². The van der Waals surface area contributed by atoms with Gasteiger partial charge in [0, 0.05) is 29.9 Å². The molecule has 11 heteroatoms. The maximum Gasteiger partial charge on any atom is 0.358 e. The number of para-hydroxylation sites is 1. The van der Waals surface area contributed by atoms with Gasteiger partial charge in [0.2, 0.25) is 12.7 Å². The third-order valence-corrected chi connectivity index (χ3v) is 6.37. The van der Waals surface area contributed by atoms with Gasteiger partial charge in [0.25, 0.3) is 5.91 Å². The highest BCUT2D eigenvalue weighted by Gasteiger charge is 2.49. The zero-order valence-corrected chi connectivity index (χ0v) is 20.6. The normalized spacial score (nSPS) is 17.8. The molecule has 0 spiro atoms. The summed E-state index contributed by atoms with van der Waals surface area (Å²) in [5.74, 6) is 0.0906. The van der Waals surface area contributed by atoms with Gasteiger partial charge in [-0.3, -0.25) is 19.2 Å². The van der Waals surface area contributed by atoms with Gasteiger partial charge in [-0.2, -0.15) is 5.10 Å². The van der Waals surface area contributed by atoms with Crippen LogP contribution in [0, 0.1) is 0 Å². The second-order valence-electron chi connectivity index (χ2n) is 8.74. The lowest BCUT2D eigenvalue weighted by Gasteiger charge is -2.43. The summed E-state index contributed by atoms with van der Waals surface area (Å²) in [7, 11) is 1.56. The first-order valence-corrected chi connectivity index (χ1v) is 11.7. The van der Waals surface area contributed by atoms with Crippen molar-refractivity contribution in [3.8, 4) is 17.2 Å². The number of hydrogen-bond donors (Lipinski definition) is 1. The van der Waals surface area contributed by atoms with E-state index < -0.39 is 23.3 Å². The second kappa shape index (κ2) is 9.49. The van der Waals surface area contributed by atoms with Crippen LogP contribution >= 0.6 is 0 Å². The van der Waals surface area contributed by atoms with Crippen molar-refractivity contribution in [2.45, 2.75) is 32.5 Å². The molecule has 2 aliphatic heterocycles. The van der Waals surface area contributed by atoms with E-state index in [1.54, 1.807) is 45.2 Å². The largest absolute Gasteiger partial charge is 0.496 e. The molecule has 37 heavy (non-hydrogen) atoms. The minimum absolute atomic E-state index is 0.000319. The molecule has 0 fully saturated rings.